The number of nitrogens with two attached hydrogens (primary N) is 1. The molecule has 0 saturated heterocycles. The monoisotopic (exact) mass is 351 g/mol. The Kier molecular flexibility index (Phi) is 8.48. The number of esters is 1. The molecule has 1 rings (SSSR count). The van der Waals surface area contributed by atoms with Crippen LogP contribution in [0, 0.1) is 0 Å². The number of amides is 3. The zero-order valence-corrected chi connectivity index (χ0v) is 13.8. The van der Waals surface area contributed by atoms with Gasteiger partial charge in [-0.1, -0.05) is 30.3 Å². The van der Waals surface area contributed by atoms with Crippen molar-refractivity contribution in [2.45, 2.75) is 25.5 Å². The van der Waals surface area contributed by atoms with Gasteiger partial charge in [-0.05, 0) is 12.0 Å². The number of ether oxygens (including phenoxy) is 2. The first-order valence-electron chi connectivity index (χ1n) is 7.52. The summed E-state index contributed by atoms with van der Waals surface area (Å²) in [6.07, 6.45) is -0.840. The van der Waals surface area contributed by atoms with Gasteiger partial charge in [0.2, 0.25) is 11.8 Å². The Hall–Kier alpha value is -3.10. The zero-order chi connectivity index (χ0) is 18.7. The van der Waals surface area contributed by atoms with Crippen LogP contribution in [0.2, 0.25) is 0 Å². The van der Waals surface area contributed by atoms with Gasteiger partial charge in [0, 0.05) is 6.42 Å². The third-order valence-electron chi connectivity index (χ3n) is 3.15. The maximum Gasteiger partial charge on any atom is 0.407 e. The summed E-state index contributed by atoms with van der Waals surface area (Å²) in [4.78, 5) is 45.6. The van der Waals surface area contributed by atoms with E-state index < -0.39 is 36.5 Å². The molecule has 0 aliphatic rings. The lowest BCUT2D eigenvalue weighted by atomic mass is 10.1. The lowest BCUT2D eigenvalue weighted by molar-refractivity contribution is -0.141. The van der Waals surface area contributed by atoms with E-state index in [-0.39, 0.29) is 19.4 Å². The molecule has 136 valence electrons. The SMILES string of the molecule is COC(=O)CC[C@H](NC(=O)CNC(=O)OCc1ccccc1)C(N)=O. The number of carbonyl (C=O) groups excluding carboxylic acids is 4. The molecule has 9 nitrogen and oxygen atoms in total. The van der Waals surface area contributed by atoms with Crippen molar-refractivity contribution in [1.82, 2.24) is 10.6 Å². The van der Waals surface area contributed by atoms with Crippen molar-refractivity contribution in [2.24, 2.45) is 5.73 Å². The second-order valence-electron chi connectivity index (χ2n) is 5.05. The van der Waals surface area contributed by atoms with Gasteiger partial charge in [0.25, 0.3) is 0 Å². The number of carbonyl (C=O) groups is 4. The molecule has 3 amide bonds. The van der Waals surface area contributed by atoms with Gasteiger partial charge in [-0.15, -0.1) is 0 Å². The van der Waals surface area contributed by atoms with E-state index in [1.165, 1.54) is 7.11 Å². The molecule has 1 aromatic carbocycles. The van der Waals surface area contributed by atoms with Crippen LogP contribution < -0.4 is 16.4 Å². The van der Waals surface area contributed by atoms with Crippen molar-refractivity contribution in [3.63, 3.8) is 0 Å². The number of rotatable bonds is 9. The molecule has 0 aromatic heterocycles. The van der Waals surface area contributed by atoms with Crippen LogP contribution in [0.4, 0.5) is 4.79 Å². The fourth-order valence-corrected chi connectivity index (χ4v) is 1.82. The van der Waals surface area contributed by atoms with E-state index in [9.17, 15) is 19.2 Å². The summed E-state index contributed by atoms with van der Waals surface area (Å²) < 4.78 is 9.39. The second-order valence-corrected chi connectivity index (χ2v) is 5.05. The quantitative estimate of drug-likeness (QED) is 0.529. The molecular formula is C16H21N3O6. The van der Waals surface area contributed by atoms with E-state index in [2.05, 4.69) is 15.4 Å². The number of primary amides is 1. The highest BCUT2D eigenvalue weighted by atomic mass is 16.5. The first-order valence-corrected chi connectivity index (χ1v) is 7.52. The molecule has 0 aliphatic heterocycles. The van der Waals surface area contributed by atoms with Gasteiger partial charge in [-0.25, -0.2) is 4.79 Å². The van der Waals surface area contributed by atoms with Crippen molar-refractivity contribution < 1.29 is 28.7 Å². The Labute approximate surface area is 144 Å². The highest BCUT2D eigenvalue weighted by Gasteiger charge is 2.19. The molecule has 1 aromatic rings. The summed E-state index contributed by atoms with van der Waals surface area (Å²) in [5.74, 6) is -1.95. The molecule has 1 atom stereocenters. The largest absolute Gasteiger partial charge is 0.469 e. The molecule has 4 N–H and O–H groups in total. The van der Waals surface area contributed by atoms with Gasteiger partial charge in [0.05, 0.1) is 7.11 Å². The van der Waals surface area contributed by atoms with Gasteiger partial charge in [0.15, 0.2) is 0 Å². The Morgan fingerprint density at radius 3 is 2.44 bits per heavy atom. The summed E-state index contributed by atoms with van der Waals surface area (Å²) in [5.41, 5.74) is 5.97. The number of alkyl carbamates (subject to hydrolysis) is 1. The summed E-state index contributed by atoms with van der Waals surface area (Å²) >= 11 is 0. The number of nitrogens with one attached hydrogen (secondary N) is 2. The standard InChI is InChI=1S/C16H21N3O6/c1-24-14(21)8-7-12(15(17)22)19-13(20)9-18-16(23)25-10-11-5-3-2-4-6-11/h2-6,12H,7-10H2,1H3,(H2,17,22)(H,18,23)(H,19,20)/t12-/m0/s1. The average Bonchev–Trinajstić information content (AvgIpc) is 2.61. The minimum atomic E-state index is -1.03. The lowest BCUT2D eigenvalue weighted by Gasteiger charge is -2.15. The first kappa shape index (κ1) is 19.9. The third kappa shape index (κ3) is 8.35. The van der Waals surface area contributed by atoms with Crippen LogP contribution in [-0.2, 0) is 30.5 Å². The Bertz CT molecular complexity index is 605. The molecule has 0 aliphatic carbocycles. The van der Waals surface area contributed by atoms with Crippen LogP contribution in [0.3, 0.4) is 0 Å². The Morgan fingerprint density at radius 2 is 1.84 bits per heavy atom. The molecule has 0 heterocycles. The Morgan fingerprint density at radius 1 is 1.16 bits per heavy atom. The molecule has 25 heavy (non-hydrogen) atoms. The van der Waals surface area contributed by atoms with Crippen molar-refractivity contribution in [1.29, 1.82) is 0 Å². The van der Waals surface area contributed by atoms with Gasteiger partial charge >= 0.3 is 12.1 Å². The highest BCUT2D eigenvalue weighted by molar-refractivity contribution is 5.89. The van der Waals surface area contributed by atoms with Crippen LogP contribution in [0.1, 0.15) is 18.4 Å². The molecule has 9 heteroatoms. The number of benzene rings is 1. The Balaban J connectivity index is 2.32. The maximum absolute atomic E-state index is 11.7. The van der Waals surface area contributed by atoms with E-state index >= 15 is 0 Å². The van der Waals surface area contributed by atoms with Crippen LogP contribution in [0.5, 0.6) is 0 Å². The van der Waals surface area contributed by atoms with E-state index in [0.717, 1.165) is 5.56 Å². The predicted molar refractivity (Wildman–Crippen MR) is 87.0 cm³/mol. The maximum atomic E-state index is 11.7. The molecule has 0 spiro atoms. The van der Waals surface area contributed by atoms with Gasteiger partial charge in [-0.3, -0.25) is 14.4 Å². The van der Waals surface area contributed by atoms with E-state index in [4.69, 9.17) is 10.5 Å². The number of hydrogen-bond donors (Lipinski definition) is 3. The van der Waals surface area contributed by atoms with Crippen molar-refractivity contribution >= 4 is 23.9 Å². The minimum Gasteiger partial charge on any atom is -0.469 e. The summed E-state index contributed by atoms with van der Waals surface area (Å²) in [6, 6.07) is 8.00. The van der Waals surface area contributed by atoms with Crippen molar-refractivity contribution in [3.05, 3.63) is 35.9 Å². The van der Waals surface area contributed by atoms with E-state index in [1.807, 2.05) is 18.2 Å². The topological polar surface area (TPSA) is 137 Å². The van der Waals surface area contributed by atoms with Crippen LogP contribution in [0.25, 0.3) is 0 Å². The molecule has 0 radical (unpaired) electrons. The van der Waals surface area contributed by atoms with Crippen LogP contribution >= 0.6 is 0 Å². The van der Waals surface area contributed by atoms with Crippen LogP contribution in [0.15, 0.2) is 30.3 Å². The van der Waals surface area contributed by atoms with E-state index in [1.54, 1.807) is 12.1 Å². The average molecular weight is 351 g/mol. The fourth-order valence-electron chi connectivity index (χ4n) is 1.82. The minimum absolute atomic E-state index is 0.00615. The lowest BCUT2D eigenvalue weighted by Crippen LogP contribution is -2.48. The number of methoxy groups -OCH3 is 1. The third-order valence-corrected chi connectivity index (χ3v) is 3.15. The van der Waals surface area contributed by atoms with Crippen molar-refractivity contribution in [2.75, 3.05) is 13.7 Å². The van der Waals surface area contributed by atoms with Crippen LogP contribution in [-0.4, -0.2) is 43.6 Å². The fraction of sp³-hybridized carbons (Fsp3) is 0.375. The molecule has 0 saturated carbocycles. The summed E-state index contributed by atoms with van der Waals surface area (Å²) in [7, 11) is 1.21. The summed E-state index contributed by atoms with van der Waals surface area (Å²) in [6.45, 7) is -0.326. The second kappa shape index (κ2) is 10.6. The van der Waals surface area contributed by atoms with E-state index in [0.29, 0.717) is 0 Å². The van der Waals surface area contributed by atoms with Gasteiger partial charge in [-0.2, -0.15) is 0 Å². The molecule has 0 fully saturated rings. The van der Waals surface area contributed by atoms with Gasteiger partial charge < -0.3 is 25.8 Å². The molecule has 0 unspecified atom stereocenters. The molecular weight excluding hydrogens is 330 g/mol. The normalized spacial score (nSPS) is 11.1. The highest BCUT2D eigenvalue weighted by Crippen LogP contribution is 2.01. The smallest absolute Gasteiger partial charge is 0.407 e. The molecule has 0 bridgehead atoms. The summed E-state index contributed by atoms with van der Waals surface area (Å²) in [5, 5.41) is 4.59. The van der Waals surface area contributed by atoms with Crippen molar-refractivity contribution in [3.8, 4) is 0 Å². The van der Waals surface area contributed by atoms with Gasteiger partial charge in [0.1, 0.15) is 19.2 Å². The number of hydrogen-bond acceptors (Lipinski definition) is 6. The first-order chi connectivity index (χ1) is 11.9. The predicted octanol–water partition coefficient (Wildman–Crippen LogP) is -0.164. The zero-order valence-electron chi connectivity index (χ0n) is 13.8.